The largest absolute Gasteiger partial charge is 0.353 e. The predicted molar refractivity (Wildman–Crippen MR) is 188 cm³/mol. The van der Waals surface area contributed by atoms with Crippen LogP contribution in [0, 0.1) is 25.2 Å². The molecule has 3 fully saturated rings. The Balaban J connectivity index is 1.09. The molecule has 1 unspecified atom stereocenters. The van der Waals surface area contributed by atoms with E-state index in [1.807, 2.05) is 89.2 Å². The van der Waals surface area contributed by atoms with Crippen LogP contribution in [0.4, 0.5) is 0 Å². The van der Waals surface area contributed by atoms with Crippen LogP contribution in [-0.2, 0) is 20.7 Å². The van der Waals surface area contributed by atoms with E-state index in [0.29, 0.717) is 67.7 Å². The maximum absolute atomic E-state index is 13.9. The third-order valence-electron chi connectivity index (χ3n) is 9.92. The molecule has 3 heterocycles. The first-order valence-electron chi connectivity index (χ1n) is 16.8. The van der Waals surface area contributed by atoms with Crippen molar-refractivity contribution in [1.29, 1.82) is 5.26 Å². The molecule has 3 amide bonds. The summed E-state index contributed by atoms with van der Waals surface area (Å²) in [4.78, 5) is 49.0. The zero-order valence-electron chi connectivity index (χ0n) is 27.9. The van der Waals surface area contributed by atoms with Crippen LogP contribution < -0.4 is 0 Å². The Morgan fingerprint density at radius 1 is 0.898 bits per heavy atom. The molecule has 6 rings (SSSR count). The third-order valence-corrected chi connectivity index (χ3v) is 10.7. The van der Waals surface area contributed by atoms with E-state index in [0.717, 1.165) is 28.7 Å². The van der Waals surface area contributed by atoms with Crippen LogP contribution in [-0.4, -0.2) is 101 Å². The van der Waals surface area contributed by atoms with Crippen molar-refractivity contribution in [3.63, 3.8) is 0 Å². The molecule has 0 radical (unpaired) electrons. The molecule has 0 aromatic heterocycles. The van der Waals surface area contributed by atoms with Gasteiger partial charge in [0, 0.05) is 69.8 Å². The number of ether oxygens (including phenoxy) is 1. The summed E-state index contributed by atoms with van der Waals surface area (Å²) in [6, 6.07) is 22.8. The number of hydrogen-bond acceptors (Lipinski definition) is 6. The van der Waals surface area contributed by atoms with E-state index in [4.69, 9.17) is 33.2 Å². The second-order valence-electron chi connectivity index (χ2n) is 13.3. The van der Waals surface area contributed by atoms with Crippen molar-refractivity contribution in [2.24, 2.45) is 0 Å². The van der Waals surface area contributed by atoms with Gasteiger partial charge in [0.05, 0.1) is 22.2 Å². The smallest absolute Gasteiger partial charge is 0.254 e. The molecule has 256 valence electrons. The maximum Gasteiger partial charge on any atom is 0.254 e. The number of piperazine rings is 2. The van der Waals surface area contributed by atoms with Crippen LogP contribution in [0.15, 0.2) is 66.7 Å². The first-order valence-corrected chi connectivity index (χ1v) is 17.6. The number of fused-ring (bicyclic) bond motifs is 2. The molecule has 0 spiro atoms. The van der Waals surface area contributed by atoms with Crippen LogP contribution in [0.2, 0.25) is 10.0 Å². The Morgan fingerprint density at radius 3 is 2.33 bits per heavy atom. The molecular weight excluding hydrogens is 661 g/mol. The lowest BCUT2D eigenvalue weighted by atomic mass is 10.00. The van der Waals surface area contributed by atoms with E-state index in [9.17, 15) is 14.4 Å². The first-order chi connectivity index (χ1) is 23.6. The van der Waals surface area contributed by atoms with Gasteiger partial charge in [0.1, 0.15) is 12.7 Å². The zero-order valence-corrected chi connectivity index (χ0v) is 29.4. The molecule has 3 aromatic carbocycles. The lowest BCUT2D eigenvalue weighted by molar-refractivity contribution is -0.145. The van der Waals surface area contributed by atoms with Crippen molar-refractivity contribution < 1.29 is 19.1 Å². The predicted octanol–water partition coefficient (Wildman–Crippen LogP) is 5.46. The lowest BCUT2D eigenvalue weighted by Crippen LogP contribution is -2.54. The molecule has 3 aromatic rings. The number of rotatable bonds is 10. The minimum atomic E-state index is -0.713. The number of benzene rings is 3. The highest BCUT2D eigenvalue weighted by molar-refractivity contribution is 6.42. The summed E-state index contributed by atoms with van der Waals surface area (Å²) in [7, 11) is 0. The van der Waals surface area contributed by atoms with Gasteiger partial charge >= 0.3 is 0 Å². The van der Waals surface area contributed by atoms with E-state index in [1.54, 1.807) is 12.1 Å². The Bertz CT molecular complexity index is 1730. The first kappa shape index (κ1) is 34.9. The minimum absolute atomic E-state index is 0.0121. The summed E-state index contributed by atoms with van der Waals surface area (Å²) in [6.07, 6.45) is 0.871. The van der Waals surface area contributed by atoms with Gasteiger partial charge < -0.3 is 19.4 Å². The zero-order chi connectivity index (χ0) is 34.7. The van der Waals surface area contributed by atoms with Crippen molar-refractivity contribution in [2.75, 3.05) is 45.9 Å². The normalized spacial score (nSPS) is 21.1. The summed E-state index contributed by atoms with van der Waals surface area (Å²) in [5.41, 5.74) is 4.52. The fraction of sp³-hybridized carbons (Fsp3) is 0.421. The molecule has 0 N–H and O–H groups in total. The number of nitriles is 1. The van der Waals surface area contributed by atoms with Crippen LogP contribution >= 0.6 is 23.2 Å². The molecule has 0 aliphatic carbocycles. The van der Waals surface area contributed by atoms with Crippen LogP contribution in [0.25, 0.3) is 0 Å². The number of hydrogen-bond donors (Lipinski definition) is 0. The highest BCUT2D eigenvalue weighted by Crippen LogP contribution is 2.34. The number of carbonyl (C=O) groups excluding carboxylic acids is 3. The van der Waals surface area contributed by atoms with Gasteiger partial charge in [-0.2, -0.15) is 5.26 Å². The monoisotopic (exact) mass is 701 g/mol. The van der Waals surface area contributed by atoms with E-state index in [1.165, 1.54) is 0 Å². The number of nitrogens with zero attached hydrogens (tertiary/aromatic N) is 5. The second kappa shape index (κ2) is 15.3. The number of aryl methyl sites for hydroxylation is 2. The summed E-state index contributed by atoms with van der Waals surface area (Å²) in [5.74, 6) is -0.127. The number of carbonyl (C=O) groups is 3. The van der Waals surface area contributed by atoms with Crippen molar-refractivity contribution in [2.45, 2.75) is 57.3 Å². The minimum Gasteiger partial charge on any atom is -0.353 e. The van der Waals surface area contributed by atoms with E-state index in [2.05, 4.69) is 4.90 Å². The van der Waals surface area contributed by atoms with Crippen LogP contribution in [0.3, 0.4) is 0 Å². The van der Waals surface area contributed by atoms with Gasteiger partial charge in [-0.25, -0.2) is 0 Å². The Labute approximate surface area is 297 Å². The lowest BCUT2D eigenvalue weighted by Gasteiger charge is -2.42. The molecule has 4 atom stereocenters. The summed E-state index contributed by atoms with van der Waals surface area (Å²) in [5, 5.41) is 9.94. The van der Waals surface area contributed by atoms with Gasteiger partial charge in [-0.1, -0.05) is 76.8 Å². The standard InChI is InChI=1S/C38H41Cl2N5O4/c1-25-16-26(2)18-29(17-25)37(47)43-13-14-44(34(24-43)28-8-9-32(39)33(40)20-28)36(46)10-12-42-22-31-21-30(42)23-45(31)38(48)35(49-15-11-41)19-27-6-4-3-5-7-27/h3-9,16-18,20,30-31,34-35H,10,12-15,19,21-24H2,1-2H3/t30-,31+,34-,35?/m0/s1. The number of amides is 3. The van der Waals surface area contributed by atoms with Gasteiger partial charge in [-0.3, -0.25) is 19.3 Å². The summed E-state index contributed by atoms with van der Waals surface area (Å²) in [6.45, 7) is 6.84. The maximum atomic E-state index is 13.9. The average Bonchev–Trinajstić information content (AvgIpc) is 3.70. The highest BCUT2D eigenvalue weighted by atomic mass is 35.5. The van der Waals surface area contributed by atoms with E-state index in [-0.39, 0.29) is 42.5 Å². The summed E-state index contributed by atoms with van der Waals surface area (Å²) < 4.78 is 5.71. The molecule has 11 heteroatoms. The Hall–Kier alpha value is -3.94. The van der Waals surface area contributed by atoms with E-state index >= 15 is 0 Å². The Kier molecular flexibility index (Phi) is 10.9. The molecule has 2 bridgehead atoms. The number of likely N-dealkylation sites (tertiary alicyclic amines) is 2. The highest BCUT2D eigenvalue weighted by Gasteiger charge is 2.47. The molecule has 9 nitrogen and oxygen atoms in total. The van der Waals surface area contributed by atoms with Gasteiger partial charge in [0.15, 0.2) is 0 Å². The molecule has 0 saturated carbocycles. The van der Waals surface area contributed by atoms with Crippen molar-refractivity contribution in [3.8, 4) is 6.07 Å². The summed E-state index contributed by atoms with van der Waals surface area (Å²) >= 11 is 12.7. The van der Waals surface area contributed by atoms with Crippen molar-refractivity contribution in [3.05, 3.63) is 105 Å². The number of halogens is 2. The van der Waals surface area contributed by atoms with Gasteiger partial charge in [0.2, 0.25) is 5.91 Å². The van der Waals surface area contributed by atoms with Crippen LogP contribution in [0.1, 0.15) is 51.5 Å². The molecule has 3 aliphatic heterocycles. The average molecular weight is 703 g/mol. The third kappa shape index (κ3) is 7.94. The molecule has 3 aliphatic rings. The fourth-order valence-electron chi connectivity index (χ4n) is 7.60. The molecule has 49 heavy (non-hydrogen) atoms. The SMILES string of the molecule is Cc1cc(C)cc(C(=O)N2CCN(C(=O)CCN3C[C@H]4C[C@H]3CN4C(=O)C(Cc3ccccc3)OCC#N)[C@H](c3ccc(Cl)c(Cl)c3)C2)c1. The van der Waals surface area contributed by atoms with Gasteiger partial charge in [0.25, 0.3) is 11.8 Å². The molecule has 3 saturated heterocycles. The molecular formula is C38H41Cl2N5O4. The van der Waals surface area contributed by atoms with Crippen molar-refractivity contribution in [1.82, 2.24) is 19.6 Å². The van der Waals surface area contributed by atoms with Gasteiger partial charge in [-0.15, -0.1) is 0 Å². The second-order valence-corrected chi connectivity index (χ2v) is 14.1. The fourth-order valence-corrected chi connectivity index (χ4v) is 7.90. The quantitative estimate of drug-likeness (QED) is 0.279. The topological polar surface area (TPSA) is 97.2 Å². The van der Waals surface area contributed by atoms with Crippen LogP contribution in [0.5, 0.6) is 0 Å². The Morgan fingerprint density at radius 2 is 1.65 bits per heavy atom. The van der Waals surface area contributed by atoms with Crippen molar-refractivity contribution >= 4 is 40.9 Å². The van der Waals surface area contributed by atoms with E-state index < -0.39 is 6.10 Å². The van der Waals surface area contributed by atoms with Gasteiger partial charge in [-0.05, 0) is 55.7 Å².